The summed E-state index contributed by atoms with van der Waals surface area (Å²) in [6, 6.07) is 26.7. The second-order valence-corrected chi connectivity index (χ2v) is 9.05. The molecular formula is C28H31ClN2O2. The van der Waals surface area contributed by atoms with Crippen LogP contribution >= 0.6 is 11.6 Å². The molecule has 0 radical (unpaired) electrons. The van der Waals surface area contributed by atoms with Crippen LogP contribution in [0, 0.1) is 5.92 Å². The van der Waals surface area contributed by atoms with E-state index in [0.29, 0.717) is 23.6 Å². The van der Waals surface area contributed by atoms with Crippen molar-refractivity contribution in [2.45, 2.75) is 38.6 Å². The highest BCUT2D eigenvalue weighted by Gasteiger charge is 2.23. The van der Waals surface area contributed by atoms with Gasteiger partial charge in [0.15, 0.2) is 0 Å². The number of rotatable bonds is 10. The molecule has 3 aromatic carbocycles. The van der Waals surface area contributed by atoms with Crippen LogP contribution in [-0.2, 0) is 4.79 Å². The molecule has 2 N–H and O–H groups in total. The molecule has 0 bridgehead atoms. The minimum absolute atomic E-state index is 0.161. The molecule has 2 amide bonds. The molecule has 0 heterocycles. The molecule has 3 rings (SSSR count). The smallest absolute Gasteiger partial charge is 0.251 e. The van der Waals surface area contributed by atoms with Crippen LogP contribution in [0.25, 0.3) is 0 Å². The van der Waals surface area contributed by atoms with Crippen LogP contribution < -0.4 is 10.6 Å². The highest BCUT2D eigenvalue weighted by Crippen LogP contribution is 2.27. The van der Waals surface area contributed by atoms with Gasteiger partial charge in [-0.2, -0.15) is 0 Å². The first-order chi connectivity index (χ1) is 15.9. The Balaban J connectivity index is 1.64. The van der Waals surface area contributed by atoms with Gasteiger partial charge in [0.05, 0.1) is 0 Å². The van der Waals surface area contributed by atoms with Crippen LogP contribution in [0.4, 0.5) is 0 Å². The van der Waals surface area contributed by atoms with Crippen molar-refractivity contribution >= 4 is 23.4 Å². The molecule has 0 aliphatic carbocycles. The zero-order valence-corrected chi connectivity index (χ0v) is 19.9. The fourth-order valence-corrected chi connectivity index (χ4v) is 4.03. The van der Waals surface area contributed by atoms with Crippen LogP contribution in [0.3, 0.4) is 0 Å². The molecule has 0 aromatic heterocycles. The molecule has 0 saturated heterocycles. The number of nitrogens with one attached hydrogen (secondary N) is 2. The van der Waals surface area contributed by atoms with Gasteiger partial charge in [-0.3, -0.25) is 9.59 Å². The lowest BCUT2D eigenvalue weighted by atomic mass is 9.88. The second kappa shape index (κ2) is 12.2. The van der Waals surface area contributed by atoms with Gasteiger partial charge < -0.3 is 10.6 Å². The summed E-state index contributed by atoms with van der Waals surface area (Å²) >= 11 is 5.92. The first-order valence-corrected chi connectivity index (χ1v) is 11.8. The van der Waals surface area contributed by atoms with E-state index >= 15 is 0 Å². The van der Waals surface area contributed by atoms with Gasteiger partial charge >= 0.3 is 0 Å². The first kappa shape index (κ1) is 24.5. The monoisotopic (exact) mass is 462 g/mol. The topological polar surface area (TPSA) is 58.2 Å². The molecular weight excluding hydrogens is 432 g/mol. The molecule has 1 unspecified atom stereocenters. The Kier molecular flexibility index (Phi) is 9.08. The maximum Gasteiger partial charge on any atom is 0.251 e. The zero-order chi connectivity index (χ0) is 23.6. The highest BCUT2D eigenvalue weighted by atomic mass is 35.5. The fourth-order valence-electron chi connectivity index (χ4n) is 3.91. The van der Waals surface area contributed by atoms with E-state index in [1.807, 2.05) is 50.2 Å². The average Bonchev–Trinajstić information content (AvgIpc) is 2.82. The Bertz CT molecular complexity index is 981. The standard InChI is InChI=1S/C28H31ClN2O2/c1-20(2)19-26(31-27(32)23-13-15-24(29)16-14-23)28(33)30-18-17-25(21-9-5-3-6-10-21)22-11-7-4-8-12-22/h3-16,20,25-26H,17-19H2,1-2H3,(H,30,33)(H,31,32). The van der Waals surface area contributed by atoms with Crippen LogP contribution in [0.1, 0.15) is 54.1 Å². The summed E-state index contributed by atoms with van der Waals surface area (Å²) in [4.78, 5) is 25.7. The lowest BCUT2D eigenvalue weighted by molar-refractivity contribution is -0.123. The molecule has 0 aliphatic rings. The Morgan fingerprint density at radius 3 is 1.88 bits per heavy atom. The van der Waals surface area contributed by atoms with E-state index in [9.17, 15) is 9.59 Å². The predicted octanol–water partition coefficient (Wildman–Crippen LogP) is 5.82. The van der Waals surface area contributed by atoms with Crippen molar-refractivity contribution < 1.29 is 9.59 Å². The average molecular weight is 463 g/mol. The SMILES string of the molecule is CC(C)CC(NC(=O)c1ccc(Cl)cc1)C(=O)NCCC(c1ccccc1)c1ccccc1. The van der Waals surface area contributed by atoms with E-state index in [2.05, 4.69) is 34.9 Å². The van der Waals surface area contributed by atoms with Crippen molar-refractivity contribution in [3.05, 3.63) is 107 Å². The summed E-state index contributed by atoms with van der Waals surface area (Å²) in [6.07, 6.45) is 1.32. The summed E-state index contributed by atoms with van der Waals surface area (Å²) in [5.74, 6) is -0.00244. The Labute approximate surface area is 201 Å². The maximum atomic E-state index is 13.0. The van der Waals surface area contributed by atoms with Gasteiger partial charge in [0.25, 0.3) is 5.91 Å². The van der Waals surface area contributed by atoms with E-state index in [0.717, 1.165) is 6.42 Å². The normalized spacial score (nSPS) is 11.9. The number of amides is 2. The van der Waals surface area contributed by atoms with Crippen LogP contribution in [0.2, 0.25) is 5.02 Å². The van der Waals surface area contributed by atoms with Gasteiger partial charge in [0, 0.05) is 23.0 Å². The van der Waals surface area contributed by atoms with E-state index in [1.165, 1.54) is 11.1 Å². The van der Waals surface area contributed by atoms with Crippen molar-refractivity contribution in [3.63, 3.8) is 0 Å². The number of hydrogen-bond donors (Lipinski definition) is 2. The molecule has 4 nitrogen and oxygen atoms in total. The van der Waals surface area contributed by atoms with E-state index in [4.69, 9.17) is 11.6 Å². The van der Waals surface area contributed by atoms with Gasteiger partial charge in [-0.25, -0.2) is 0 Å². The van der Waals surface area contributed by atoms with Gasteiger partial charge in [-0.05, 0) is 54.2 Å². The molecule has 0 fully saturated rings. The minimum atomic E-state index is -0.597. The summed E-state index contributed by atoms with van der Waals surface area (Å²) in [5, 5.41) is 6.50. The predicted molar refractivity (Wildman–Crippen MR) is 135 cm³/mol. The van der Waals surface area contributed by atoms with E-state index < -0.39 is 6.04 Å². The van der Waals surface area contributed by atoms with Crippen molar-refractivity contribution in [1.82, 2.24) is 10.6 Å². The zero-order valence-electron chi connectivity index (χ0n) is 19.1. The van der Waals surface area contributed by atoms with E-state index in [1.54, 1.807) is 24.3 Å². The molecule has 3 aromatic rings. The molecule has 5 heteroatoms. The summed E-state index contributed by atoms with van der Waals surface area (Å²) in [6.45, 7) is 4.59. The fraction of sp³-hybridized carbons (Fsp3) is 0.286. The highest BCUT2D eigenvalue weighted by molar-refractivity contribution is 6.30. The van der Waals surface area contributed by atoms with Crippen molar-refractivity contribution in [2.75, 3.05) is 6.54 Å². The third kappa shape index (κ3) is 7.47. The molecule has 33 heavy (non-hydrogen) atoms. The Morgan fingerprint density at radius 1 is 0.818 bits per heavy atom. The number of carbonyl (C=O) groups excluding carboxylic acids is 2. The molecule has 0 aliphatic heterocycles. The summed E-state index contributed by atoms with van der Waals surface area (Å²) in [7, 11) is 0. The maximum absolute atomic E-state index is 13.0. The van der Waals surface area contributed by atoms with Crippen molar-refractivity contribution in [3.8, 4) is 0 Å². The lowest BCUT2D eigenvalue weighted by Gasteiger charge is -2.22. The van der Waals surface area contributed by atoms with Gasteiger partial charge in [-0.1, -0.05) is 86.1 Å². The lowest BCUT2D eigenvalue weighted by Crippen LogP contribution is -2.47. The number of hydrogen-bond acceptors (Lipinski definition) is 2. The number of benzene rings is 3. The third-order valence-corrected chi connectivity index (χ3v) is 5.82. The molecule has 172 valence electrons. The van der Waals surface area contributed by atoms with Gasteiger partial charge in [0.2, 0.25) is 5.91 Å². The van der Waals surface area contributed by atoms with Gasteiger partial charge in [-0.15, -0.1) is 0 Å². The quantitative estimate of drug-likeness (QED) is 0.398. The largest absolute Gasteiger partial charge is 0.354 e. The third-order valence-electron chi connectivity index (χ3n) is 5.57. The summed E-state index contributed by atoms with van der Waals surface area (Å²) < 4.78 is 0. The number of halogens is 1. The Morgan fingerprint density at radius 2 is 1.36 bits per heavy atom. The van der Waals surface area contributed by atoms with Crippen molar-refractivity contribution in [1.29, 1.82) is 0 Å². The molecule has 0 saturated carbocycles. The van der Waals surface area contributed by atoms with E-state index in [-0.39, 0.29) is 23.7 Å². The van der Waals surface area contributed by atoms with Gasteiger partial charge in [0.1, 0.15) is 6.04 Å². The minimum Gasteiger partial charge on any atom is -0.354 e. The molecule has 0 spiro atoms. The van der Waals surface area contributed by atoms with Crippen LogP contribution in [0.15, 0.2) is 84.9 Å². The Hall–Kier alpha value is -3.11. The first-order valence-electron chi connectivity index (χ1n) is 11.4. The van der Waals surface area contributed by atoms with Crippen LogP contribution in [0.5, 0.6) is 0 Å². The van der Waals surface area contributed by atoms with Crippen molar-refractivity contribution in [2.24, 2.45) is 5.92 Å². The summed E-state index contributed by atoms with van der Waals surface area (Å²) in [5.41, 5.74) is 2.91. The molecule has 1 atom stereocenters. The number of carbonyl (C=O) groups is 2. The van der Waals surface area contributed by atoms with Crippen LogP contribution in [-0.4, -0.2) is 24.4 Å². The second-order valence-electron chi connectivity index (χ2n) is 8.62.